The van der Waals surface area contributed by atoms with Gasteiger partial charge in [-0.25, -0.2) is 9.78 Å². The maximum absolute atomic E-state index is 12.5. The zero-order chi connectivity index (χ0) is 16.9. The van der Waals surface area contributed by atoms with Crippen LogP contribution >= 0.6 is 11.3 Å². The van der Waals surface area contributed by atoms with Gasteiger partial charge in [-0.3, -0.25) is 10.1 Å². The molecule has 1 aromatic heterocycles. The third-order valence-electron chi connectivity index (χ3n) is 3.58. The molecule has 1 aliphatic rings. The monoisotopic (exact) mass is 343 g/mol. The summed E-state index contributed by atoms with van der Waals surface area (Å²) < 4.78 is 4.88. The van der Waals surface area contributed by atoms with Gasteiger partial charge in [0.1, 0.15) is 6.61 Å². The first kappa shape index (κ1) is 16.2. The van der Waals surface area contributed by atoms with Gasteiger partial charge in [0, 0.05) is 23.4 Å². The van der Waals surface area contributed by atoms with Crippen LogP contribution in [-0.2, 0) is 17.7 Å². The molecule has 0 fully saturated rings. The van der Waals surface area contributed by atoms with Gasteiger partial charge in [-0.05, 0) is 12.1 Å². The number of hydrogen-bond donors (Lipinski definition) is 1. The van der Waals surface area contributed by atoms with Gasteiger partial charge in [-0.2, -0.15) is 0 Å². The van der Waals surface area contributed by atoms with Crippen molar-refractivity contribution in [3.63, 3.8) is 0 Å². The van der Waals surface area contributed by atoms with E-state index in [0.717, 1.165) is 10.6 Å². The third-order valence-corrected chi connectivity index (χ3v) is 4.58. The quantitative estimate of drug-likeness (QED) is 0.866. The van der Waals surface area contributed by atoms with Gasteiger partial charge in [0.15, 0.2) is 5.13 Å². The molecule has 0 aliphatic carbocycles. The number of rotatable bonds is 4. The Morgan fingerprint density at radius 2 is 2.17 bits per heavy atom. The molecule has 0 radical (unpaired) electrons. The van der Waals surface area contributed by atoms with Crippen LogP contribution in [0, 0.1) is 0 Å². The molecular weight excluding hydrogens is 326 g/mol. The molecule has 0 bridgehead atoms. The Morgan fingerprint density at radius 3 is 2.92 bits per heavy atom. The summed E-state index contributed by atoms with van der Waals surface area (Å²) >= 11 is 1.37. The Morgan fingerprint density at radius 1 is 1.38 bits per heavy atom. The standard InChI is InChI=1S/C17H17N3O3S/c1-2-10-23-17(22)19-16-18-13-8-9-20(11-14(13)24-16)15(21)12-6-4-3-5-7-12/h2-7H,1,8-11H2,(H,18,19,22). The molecule has 0 saturated heterocycles. The normalized spacial score (nSPS) is 13.1. The Kier molecular flexibility index (Phi) is 4.90. The summed E-state index contributed by atoms with van der Waals surface area (Å²) in [5, 5.41) is 3.09. The molecule has 24 heavy (non-hydrogen) atoms. The fourth-order valence-electron chi connectivity index (χ4n) is 2.44. The Bertz CT molecular complexity index is 758. The number of hydrogen-bond acceptors (Lipinski definition) is 5. The van der Waals surface area contributed by atoms with Crippen LogP contribution in [-0.4, -0.2) is 35.0 Å². The van der Waals surface area contributed by atoms with Crippen molar-refractivity contribution in [2.45, 2.75) is 13.0 Å². The van der Waals surface area contributed by atoms with Crippen LogP contribution in [0.5, 0.6) is 0 Å². The summed E-state index contributed by atoms with van der Waals surface area (Å²) in [4.78, 5) is 31.3. The van der Waals surface area contributed by atoms with E-state index in [2.05, 4.69) is 16.9 Å². The zero-order valence-corrected chi connectivity index (χ0v) is 13.8. The molecule has 2 heterocycles. The molecule has 1 aromatic carbocycles. The molecule has 0 saturated carbocycles. The van der Waals surface area contributed by atoms with E-state index >= 15 is 0 Å². The maximum atomic E-state index is 12.5. The Balaban J connectivity index is 1.67. The molecule has 0 unspecified atom stereocenters. The molecule has 7 heteroatoms. The van der Waals surface area contributed by atoms with Crippen molar-refractivity contribution < 1.29 is 14.3 Å². The number of ether oxygens (including phenoxy) is 1. The van der Waals surface area contributed by atoms with Crippen LogP contribution in [0.25, 0.3) is 0 Å². The summed E-state index contributed by atoms with van der Waals surface area (Å²) in [7, 11) is 0. The first-order chi connectivity index (χ1) is 11.7. The van der Waals surface area contributed by atoms with E-state index in [1.807, 2.05) is 30.3 Å². The van der Waals surface area contributed by atoms with E-state index < -0.39 is 6.09 Å². The van der Waals surface area contributed by atoms with Crippen LogP contribution in [0.2, 0.25) is 0 Å². The summed E-state index contributed by atoms with van der Waals surface area (Å²) in [5.41, 5.74) is 1.60. The van der Waals surface area contributed by atoms with Crippen LogP contribution < -0.4 is 5.32 Å². The molecule has 1 N–H and O–H groups in total. The average Bonchev–Trinajstić information content (AvgIpc) is 3.01. The first-order valence-electron chi connectivity index (χ1n) is 7.55. The average molecular weight is 343 g/mol. The van der Waals surface area contributed by atoms with Gasteiger partial charge in [0.25, 0.3) is 5.91 Å². The summed E-state index contributed by atoms with van der Waals surface area (Å²) in [6, 6.07) is 9.22. The molecule has 1 aliphatic heterocycles. The predicted molar refractivity (Wildman–Crippen MR) is 92.2 cm³/mol. The molecular formula is C17H17N3O3S. The highest BCUT2D eigenvalue weighted by atomic mass is 32.1. The first-order valence-corrected chi connectivity index (χ1v) is 8.36. The van der Waals surface area contributed by atoms with Crippen molar-refractivity contribution in [2.75, 3.05) is 18.5 Å². The summed E-state index contributed by atoms with van der Waals surface area (Å²) in [5.74, 6) is 0.00884. The van der Waals surface area contributed by atoms with Gasteiger partial charge < -0.3 is 9.64 Å². The number of nitrogens with zero attached hydrogens (tertiary/aromatic N) is 2. The van der Waals surface area contributed by atoms with Crippen molar-refractivity contribution in [2.24, 2.45) is 0 Å². The van der Waals surface area contributed by atoms with E-state index in [1.54, 1.807) is 4.90 Å². The number of fused-ring (bicyclic) bond motifs is 1. The van der Waals surface area contributed by atoms with Crippen LogP contribution in [0.15, 0.2) is 43.0 Å². The van der Waals surface area contributed by atoms with Crippen molar-refractivity contribution >= 4 is 28.5 Å². The van der Waals surface area contributed by atoms with Gasteiger partial charge >= 0.3 is 6.09 Å². The summed E-state index contributed by atoms with van der Waals surface area (Å²) in [6.07, 6.45) is 1.62. The lowest BCUT2D eigenvalue weighted by molar-refractivity contribution is 0.0736. The van der Waals surface area contributed by atoms with Crippen molar-refractivity contribution in [3.05, 3.63) is 59.1 Å². The zero-order valence-electron chi connectivity index (χ0n) is 13.0. The fourth-order valence-corrected chi connectivity index (χ4v) is 3.45. The second-order valence-corrected chi connectivity index (χ2v) is 6.33. The number of amides is 2. The number of thiazole rings is 1. The lowest BCUT2D eigenvalue weighted by Gasteiger charge is -2.26. The molecule has 2 amide bonds. The van der Waals surface area contributed by atoms with Crippen LogP contribution in [0.1, 0.15) is 20.9 Å². The topological polar surface area (TPSA) is 71.5 Å². The highest BCUT2D eigenvalue weighted by Crippen LogP contribution is 2.29. The number of benzene rings is 1. The molecule has 6 nitrogen and oxygen atoms in total. The van der Waals surface area contributed by atoms with Gasteiger partial charge in [0.2, 0.25) is 0 Å². The van der Waals surface area contributed by atoms with Gasteiger partial charge in [-0.1, -0.05) is 42.2 Å². The largest absolute Gasteiger partial charge is 0.445 e. The molecule has 3 rings (SSSR count). The molecule has 0 atom stereocenters. The number of aromatic nitrogens is 1. The van der Waals surface area contributed by atoms with Gasteiger partial charge in [0.05, 0.1) is 12.2 Å². The number of carbonyl (C=O) groups is 2. The second-order valence-electron chi connectivity index (χ2n) is 5.24. The number of anilines is 1. The maximum Gasteiger partial charge on any atom is 0.413 e. The van der Waals surface area contributed by atoms with Crippen molar-refractivity contribution in [3.8, 4) is 0 Å². The minimum Gasteiger partial charge on any atom is -0.445 e. The lowest BCUT2D eigenvalue weighted by Crippen LogP contribution is -2.35. The number of carbonyl (C=O) groups excluding carboxylic acids is 2. The highest BCUT2D eigenvalue weighted by molar-refractivity contribution is 7.15. The smallest absolute Gasteiger partial charge is 0.413 e. The molecule has 0 spiro atoms. The van der Waals surface area contributed by atoms with E-state index in [-0.39, 0.29) is 12.5 Å². The molecule has 2 aromatic rings. The van der Waals surface area contributed by atoms with E-state index in [9.17, 15) is 9.59 Å². The second kappa shape index (κ2) is 7.27. The lowest BCUT2D eigenvalue weighted by atomic mass is 10.1. The molecule has 124 valence electrons. The Hall–Kier alpha value is -2.67. The van der Waals surface area contributed by atoms with E-state index in [1.165, 1.54) is 17.4 Å². The van der Waals surface area contributed by atoms with E-state index in [0.29, 0.717) is 30.2 Å². The SMILES string of the molecule is C=CCOC(=O)Nc1nc2c(s1)CN(C(=O)c1ccccc1)CC2. The van der Waals surface area contributed by atoms with E-state index in [4.69, 9.17) is 4.74 Å². The van der Waals surface area contributed by atoms with Crippen molar-refractivity contribution in [1.29, 1.82) is 0 Å². The fraction of sp³-hybridized carbons (Fsp3) is 0.235. The highest BCUT2D eigenvalue weighted by Gasteiger charge is 2.25. The van der Waals surface area contributed by atoms with Gasteiger partial charge in [-0.15, -0.1) is 0 Å². The summed E-state index contributed by atoms with van der Waals surface area (Å²) in [6.45, 7) is 4.76. The minimum absolute atomic E-state index is 0.00884. The predicted octanol–water partition coefficient (Wildman–Crippen LogP) is 3.08. The number of nitrogens with one attached hydrogen (secondary N) is 1. The third kappa shape index (κ3) is 3.62. The van der Waals surface area contributed by atoms with Crippen molar-refractivity contribution in [1.82, 2.24) is 9.88 Å². The Labute approximate surface area is 143 Å². The van der Waals surface area contributed by atoms with Crippen LogP contribution in [0.4, 0.5) is 9.93 Å². The minimum atomic E-state index is -0.557. The van der Waals surface area contributed by atoms with Crippen LogP contribution in [0.3, 0.4) is 0 Å².